The average molecular weight is 319 g/mol. The second-order valence-electron chi connectivity index (χ2n) is 6.13. The monoisotopic (exact) mass is 319 g/mol. The largest absolute Gasteiger partial charge is 0.370 e. The molecule has 4 rings (SSSR count). The summed E-state index contributed by atoms with van der Waals surface area (Å²) in [4.78, 5) is 18.0. The maximum atomic E-state index is 12.5. The Labute approximate surface area is 140 Å². The molecule has 0 atom stereocenters. The van der Waals surface area contributed by atoms with E-state index in [1.807, 2.05) is 24.3 Å². The molecule has 0 unspecified atom stereocenters. The quantitative estimate of drug-likeness (QED) is 0.619. The lowest BCUT2D eigenvalue weighted by atomic mass is 10.1. The van der Waals surface area contributed by atoms with Crippen molar-refractivity contribution in [1.29, 1.82) is 0 Å². The number of hydrogen-bond donors (Lipinski definition) is 1. The molecule has 4 heteroatoms. The van der Waals surface area contributed by atoms with Crippen LogP contribution in [0.25, 0.3) is 32.7 Å². The van der Waals surface area contributed by atoms with Crippen molar-refractivity contribution in [3.63, 3.8) is 0 Å². The minimum absolute atomic E-state index is 0.0288. The van der Waals surface area contributed by atoms with Crippen molar-refractivity contribution in [3.8, 4) is 0 Å². The van der Waals surface area contributed by atoms with Gasteiger partial charge in [0.2, 0.25) is 0 Å². The van der Waals surface area contributed by atoms with Gasteiger partial charge in [0, 0.05) is 36.3 Å². The Morgan fingerprint density at radius 1 is 0.917 bits per heavy atom. The molecule has 24 heavy (non-hydrogen) atoms. The predicted molar refractivity (Wildman–Crippen MR) is 102 cm³/mol. The highest BCUT2D eigenvalue weighted by Gasteiger charge is 2.17. The zero-order valence-electron chi connectivity index (χ0n) is 14.3. The van der Waals surface area contributed by atoms with Crippen molar-refractivity contribution in [2.24, 2.45) is 7.05 Å². The van der Waals surface area contributed by atoms with Crippen LogP contribution in [0, 0.1) is 0 Å². The molecule has 0 aliphatic carbocycles. The highest BCUT2D eigenvalue weighted by Crippen LogP contribution is 2.35. The van der Waals surface area contributed by atoms with Gasteiger partial charge in [-0.1, -0.05) is 30.3 Å². The number of aromatic nitrogens is 2. The molecular formula is C20H21N3O. The number of nitrogens with one attached hydrogen (secondary N) is 1. The second-order valence-corrected chi connectivity index (χ2v) is 6.13. The molecule has 0 fully saturated rings. The summed E-state index contributed by atoms with van der Waals surface area (Å²) in [6, 6.07) is 14.1. The van der Waals surface area contributed by atoms with Gasteiger partial charge in [-0.15, -0.1) is 0 Å². The number of fused-ring (bicyclic) bond motifs is 5. The summed E-state index contributed by atoms with van der Waals surface area (Å²) in [5.41, 5.74) is 4.35. The van der Waals surface area contributed by atoms with Crippen molar-refractivity contribution < 1.29 is 0 Å². The third-order valence-electron chi connectivity index (χ3n) is 4.96. The van der Waals surface area contributed by atoms with E-state index >= 15 is 0 Å². The number of nitrogens with zero attached hydrogens (tertiary/aromatic N) is 2. The van der Waals surface area contributed by atoms with Gasteiger partial charge >= 0.3 is 0 Å². The Balaban J connectivity index is 2.25. The van der Waals surface area contributed by atoms with Crippen LogP contribution in [0.15, 0.2) is 47.3 Å². The molecule has 0 bridgehead atoms. The van der Waals surface area contributed by atoms with E-state index in [9.17, 15) is 4.79 Å². The number of hydrogen-bond acceptors (Lipinski definition) is 2. The highest BCUT2D eigenvalue weighted by molar-refractivity contribution is 6.17. The molecule has 0 aliphatic rings. The Morgan fingerprint density at radius 3 is 2.29 bits per heavy atom. The number of para-hydroxylation sites is 1. The number of aromatic amines is 1. The molecule has 4 aromatic rings. The van der Waals surface area contributed by atoms with Gasteiger partial charge in [-0.25, -0.2) is 0 Å². The normalized spacial score (nSPS) is 11.6. The number of aryl methyl sites for hydroxylation is 1. The minimum Gasteiger partial charge on any atom is -0.370 e. The fraction of sp³-hybridized carbons (Fsp3) is 0.250. The van der Waals surface area contributed by atoms with E-state index in [1.54, 1.807) is 0 Å². The van der Waals surface area contributed by atoms with E-state index in [4.69, 9.17) is 0 Å². The van der Waals surface area contributed by atoms with Crippen LogP contribution in [0.1, 0.15) is 13.8 Å². The SMILES string of the molecule is CCN(CC)c1cccc2c3[nH]c(=O)c4ccccc4c3n(C)c12. The van der Waals surface area contributed by atoms with E-state index in [0.29, 0.717) is 0 Å². The first-order valence-corrected chi connectivity index (χ1v) is 8.44. The zero-order chi connectivity index (χ0) is 16.8. The molecule has 122 valence electrons. The molecule has 0 amide bonds. The van der Waals surface area contributed by atoms with Crippen molar-refractivity contribution >= 4 is 38.4 Å². The molecule has 0 radical (unpaired) electrons. The summed E-state index contributed by atoms with van der Waals surface area (Å²) in [5.74, 6) is 0. The fourth-order valence-corrected chi connectivity index (χ4v) is 3.82. The topological polar surface area (TPSA) is 41.0 Å². The van der Waals surface area contributed by atoms with Crippen LogP contribution in [0.2, 0.25) is 0 Å². The third-order valence-corrected chi connectivity index (χ3v) is 4.96. The summed E-state index contributed by atoms with van der Waals surface area (Å²) in [6.45, 7) is 6.24. The Hall–Kier alpha value is -2.75. The Morgan fingerprint density at radius 2 is 1.58 bits per heavy atom. The third kappa shape index (κ3) is 1.89. The van der Waals surface area contributed by atoms with E-state index in [2.05, 4.69) is 53.5 Å². The van der Waals surface area contributed by atoms with Gasteiger partial charge in [0.25, 0.3) is 5.56 Å². The molecule has 0 spiro atoms. The summed E-state index contributed by atoms with van der Waals surface area (Å²) in [7, 11) is 2.09. The maximum absolute atomic E-state index is 12.5. The van der Waals surface area contributed by atoms with Gasteiger partial charge in [0.05, 0.1) is 22.2 Å². The highest BCUT2D eigenvalue weighted by atomic mass is 16.1. The predicted octanol–water partition coefficient (Wildman–Crippen LogP) is 4.02. The van der Waals surface area contributed by atoms with E-state index in [1.165, 1.54) is 11.2 Å². The first-order valence-electron chi connectivity index (χ1n) is 8.44. The fourth-order valence-electron chi connectivity index (χ4n) is 3.82. The van der Waals surface area contributed by atoms with Crippen LogP contribution in [0.5, 0.6) is 0 Å². The van der Waals surface area contributed by atoms with Crippen molar-refractivity contribution in [2.45, 2.75) is 13.8 Å². The van der Waals surface area contributed by atoms with Gasteiger partial charge in [-0.2, -0.15) is 0 Å². The molecule has 1 N–H and O–H groups in total. The number of H-pyrrole nitrogens is 1. The van der Waals surface area contributed by atoms with Gasteiger partial charge < -0.3 is 14.5 Å². The Bertz CT molecular complexity index is 1120. The molecule has 2 heterocycles. The van der Waals surface area contributed by atoms with E-state index < -0.39 is 0 Å². The summed E-state index contributed by atoms with van der Waals surface area (Å²) in [5, 5.41) is 2.83. The van der Waals surface area contributed by atoms with E-state index in [0.717, 1.165) is 40.3 Å². The summed E-state index contributed by atoms with van der Waals surface area (Å²) >= 11 is 0. The molecule has 2 aromatic carbocycles. The molecule has 2 aromatic heterocycles. The first-order chi connectivity index (χ1) is 11.7. The molecule has 0 saturated heterocycles. The smallest absolute Gasteiger partial charge is 0.256 e. The lowest BCUT2D eigenvalue weighted by molar-refractivity contribution is 0.864. The lowest BCUT2D eigenvalue weighted by Gasteiger charge is -2.22. The maximum Gasteiger partial charge on any atom is 0.256 e. The molecule has 0 aliphatic heterocycles. The van der Waals surface area contributed by atoms with Gasteiger partial charge in [0.1, 0.15) is 0 Å². The number of anilines is 1. The summed E-state index contributed by atoms with van der Waals surface area (Å²) in [6.07, 6.45) is 0. The van der Waals surface area contributed by atoms with Crippen LogP contribution < -0.4 is 10.5 Å². The van der Waals surface area contributed by atoms with Crippen molar-refractivity contribution in [2.75, 3.05) is 18.0 Å². The van der Waals surface area contributed by atoms with Gasteiger partial charge in [-0.05, 0) is 26.0 Å². The van der Waals surface area contributed by atoms with Crippen LogP contribution >= 0.6 is 0 Å². The van der Waals surface area contributed by atoms with Crippen molar-refractivity contribution in [3.05, 3.63) is 52.8 Å². The van der Waals surface area contributed by atoms with Crippen LogP contribution in [-0.4, -0.2) is 22.6 Å². The van der Waals surface area contributed by atoms with Crippen LogP contribution in [-0.2, 0) is 7.05 Å². The molecule has 0 saturated carbocycles. The van der Waals surface area contributed by atoms with E-state index in [-0.39, 0.29) is 5.56 Å². The molecular weight excluding hydrogens is 298 g/mol. The second kappa shape index (κ2) is 5.41. The van der Waals surface area contributed by atoms with Gasteiger partial charge in [-0.3, -0.25) is 4.79 Å². The number of rotatable bonds is 3. The average Bonchev–Trinajstić information content (AvgIpc) is 2.90. The number of benzene rings is 2. The van der Waals surface area contributed by atoms with Crippen LogP contribution in [0.3, 0.4) is 0 Å². The standard InChI is InChI=1S/C20H21N3O/c1-4-23(5-2)16-12-8-11-15-17-19(22(3)18(15)16)13-9-6-7-10-14(13)20(24)21-17/h6-12H,4-5H2,1-3H3,(H,21,24). The lowest BCUT2D eigenvalue weighted by Crippen LogP contribution is -2.22. The van der Waals surface area contributed by atoms with Crippen molar-refractivity contribution in [1.82, 2.24) is 9.55 Å². The Kier molecular flexibility index (Phi) is 3.34. The number of pyridine rings is 1. The van der Waals surface area contributed by atoms with Crippen LogP contribution in [0.4, 0.5) is 5.69 Å². The first kappa shape index (κ1) is 14.8. The minimum atomic E-state index is -0.0288. The molecule has 4 nitrogen and oxygen atoms in total. The zero-order valence-corrected chi connectivity index (χ0v) is 14.3. The summed E-state index contributed by atoms with van der Waals surface area (Å²) < 4.78 is 2.22. The van der Waals surface area contributed by atoms with Gasteiger partial charge in [0.15, 0.2) is 0 Å².